The monoisotopic (exact) mass is 419 g/mol. The lowest BCUT2D eigenvalue weighted by Gasteiger charge is -2.34. The zero-order chi connectivity index (χ0) is 21.8. The number of nitrogens with one attached hydrogen (secondary N) is 2. The predicted octanol–water partition coefficient (Wildman–Crippen LogP) is 5.68. The standard InChI is InChI=1S/C27H37N3O/c1-27(2)15-12-22(13-16-27)21-6-10-25(11-7-21)29-24-8-4-20(5-9-24)18-28-26(31)23-14-17-30(3)19-23/h4-11,22-23,29H,12-19H2,1-3H3,(H,28,31). The van der Waals surface area contributed by atoms with E-state index in [1.54, 1.807) is 0 Å². The number of anilines is 2. The molecule has 1 amide bonds. The first-order valence-electron chi connectivity index (χ1n) is 11.8. The first kappa shape index (κ1) is 21.9. The molecule has 1 aliphatic carbocycles. The van der Waals surface area contributed by atoms with Gasteiger partial charge in [0.25, 0.3) is 0 Å². The normalized spacial score (nSPS) is 21.7. The second-order valence-electron chi connectivity index (χ2n) is 10.3. The maximum atomic E-state index is 12.3. The molecule has 4 nitrogen and oxygen atoms in total. The summed E-state index contributed by atoms with van der Waals surface area (Å²) in [5.41, 5.74) is 5.30. The van der Waals surface area contributed by atoms with Crippen molar-refractivity contribution in [3.63, 3.8) is 0 Å². The number of carbonyl (C=O) groups excluding carboxylic acids is 1. The predicted molar refractivity (Wildman–Crippen MR) is 129 cm³/mol. The summed E-state index contributed by atoms with van der Waals surface area (Å²) < 4.78 is 0. The summed E-state index contributed by atoms with van der Waals surface area (Å²) in [5.74, 6) is 1.02. The molecule has 1 saturated heterocycles. The average Bonchev–Trinajstić information content (AvgIpc) is 3.20. The summed E-state index contributed by atoms with van der Waals surface area (Å²) in [5, 5.41) is 6.58. The van der Waals surface area contributed by atoms with Gasteiger partial charge in [-0.15, -0.1) is 0 Å². The molecule has 2 aromatic carbocycles. The van der Waals surface area contributed by atoms with Gasteiger partial charge in [-0.1, -0.05) is 38.1 Å². The number of rotatable bonds is 6. The lowest BCUT2D eigenvalue weighted by atomic mass is 9.71. The van der Waals surface area contributed by atoms with E-state index in [-0.39, 0.29) is 11.8 Å². The quantitative estimate of drug-likeness (QED) is 0.633. The van der Waals surface area contributed by atoms with Crippen LogP contribution in [0.4, 0.5) is 11.4 Å². The molecule has 0 bridgehead atoms. The third-order valence-electron chi connectivity index (χ3n) is 7.19. The number of benzene rings is 2. The van der Waals surface area contributed by atoms with Gasteiger partial charge in [-0.3, -0.25) is 4.79 Å². The highest BCUT2D eigenvalue weighted by molar-refractivity contribution is 5.79. The van der Waals surface area contributed by atoms with Gasteiger partial charge < -0.3 is 15.5 Å². The second kappa shape index (κ2) is 9.44. The van der Waals surface area contributed by atoms with Crippen LogP contribution in [0.25, 0.3) is 0 Å². The van der Waals surface area contributed by atoms with Gasteiger partial charge >= 0.3 is 0 Å². The highest BCUT2D eigenvalue weighted by atomic mass is 16.1. The summed E-state index contributed by atoms with van der Waals surface area (Å²) in [4.78, 5) is 14.5. The molecular weight excluding hydrogens is 382 g/mol. The van der Waals surface area contributed by atoms with Crippen LogP contribution in [0.5, 0.6) is 0 Å². The molecule has 31 heavy (non-hydrogen) atoms. The summed E-state index contributed by atoms with van der Waals surface area (Å²) in [6.07, 6.45) is 6.21. The van der Waals surface area contributed by atoms with Crippen molar-refractivity contribution in [1.29, 1.82) is 0 Å². The van der Waals surface area contributed by atoms with Gasteiger partial charge in [0.05, 0.1) is 5.92 Å². The highest BCUT2D eigenvalue weighted by Crippen LogP contribution is 2.42. The Morgan fingerprint density at radius 1 is 0.968 bits per heavy atom. The fourth-order valence-electron chi connectivity index (χ4n) is 4.93. The number of amides is 1. The van der Waals surface area contributed by atoms with Crippen molar-refractivity contribution >= 4 is 17.3 Å². The molecule has 4 rings (SSSR count). The minimum absolute atomic E-state index is 0.133. The van der Waals surface area contributed by atoms with Crippen molar-refractivity contribution in [3.8, 4) is 0 Å². The molecule has 1 unspecified atom stereocenters. The number of hydrogen-bond donors (Lipinski definition) is 2. The molecule has 0 spiro atoms. The molecule has 1 saturated carbocycles. The van der Waals surface area contributed by atoms with E-state index in [0.29, 0.717) is 17.9 Å². The zero-order valence-electron chi connectivity index (χ0n) is 19.3. The number of hydrogen-bond acceptors (Lipinski definition) is 3. The van der Waals surface area contributed by atoms with Crippen molar-refractivity contribution in [2.45, 2.75) is 58.4 Å². The smallest absolute Gasteiger partial charge is 0.224 e. The first-order chi connectivity index (χ1) is 14.9. The minimum Gasteiger partial charge on any atom is -0.356 e. The van der Waals surface area contributed by atoms with E-state index in [2.05, 4.69) is 85.0 Å². The van der Waals surface area contributed by atoms with Gasteiger partial charge in [-0.25, -0.2) is 0 Å². The molecule has 4 heteroatoms. The Bertz CT molecular complexity index is 862. The van der Waals surface area contributed by atoms with E-state index >= 15 is 0 Å². The van der Waals surface area contributed by atoms with Crippen LogP contribution in [0.15, 0.2) is 48.5 Å². The first-order valence-corrected chi connectivity index (χ1v) is 11.8. The Hall–Kier alpha value is -2.33. The van der Waals surface area contributed by atoms with Crippen LogP contribution in [0.1, 0.15) is 63.0 Å². The van der Waals surface area contributed by atoms with Crippen molar-refractivity contribution in [1.82, 2.24) is 10.2 Å². The van der Waals surface area contributed by atoms with Crippen molar-refractivity contribution in [2.75, 3.05) is 25.5 Å². The Morgan fingerprint density at radius 2 is 1.58 bits per heavy atom. The zero-order valence-corrected chi connectivity index (χ0v) is 19.3. The van der Waals surface area contributed by atoms with Crippen LogP contribution in [0.2, 0.25) is 0 Å². The third-order valence-corrected chi connectivity index (χ3v) is 7.19. The van der Waals surface area contributed by atoms with Crippen LogP contribution in [-0.4, -0.2) is 30.9 Å². The van der Waals surface area contributed by atoms with Crippen LogP contribution < -0.4 is 10.6 Å². The largest absolute Gasteiger partial charge is 0.356 e. The van der Waals surface area contributed by atoms with Crippen LogP contribution in [0.3, 0.4) is 0 Å². The van der Waals surface area contributed by atoms with Gasteiger partial charge in [0, 0.05) is 24.5 Å². The Morgan fingerprint density at radius 3 is 2.16 bits per heavy atom. The SMILES string of the molecule is CN1CCC(C(=O)NCc2ccc(Nc3ccc(C4CCC(C)(C)CC4)cc3)cc2)C1. The summed E-state index contributed by atoms with van der Waals surface area (Å²) in [7, 11) is 2.07. The molecule has 2 N–H and O–H groups in total. The second-order valence-corrected chi connectivity index (χ2v) is 10.3. The summed E-state index contributed by atoms with van der Waals surface area (Å²) in [6, 6.07) is 17.3. The molecule has 2 aliphatic rings. The molecular formula is C27H37N3O. The van der Waals surface area contributed by atoms with E-state index in [1.165, 1.54) is 31.2 Å². The molecule has 0 aromatic heterocycles. The van der Waals surface area contributed by atoms with Gasteiger partial charge in [0.1, 0.15) is 0 Å². The Balaban J connectivity index is 1.26. The third kappa shape index (κ3) is 5.88. The van der Waals surface area contributed by atoms with E-state index in [4.69, 9.17) is 0 Å². The van der Waals surface area contributed by atoms with E-state index in [9.17, 15) is 4.79 Å². The summed E-state index contributed by atoms with van der Waals surface area (Å²) in [6.45, 7) is 7.25. The van der Waals surface area contributed by atoms with E-state index in [0.717, 1.165) is 36.4 Å². The van der Waals surface area contributed by atoms with Crippen molar-refractivity contribution < 1.29 is 4.79 Å². The number of nitrogens with zero attached hydrogens (tertiary/aromatic N) is 1. The van der Waals surface area contributed by atoms with Crippen molar-refractivity contribution in [3.05, 3.63) is 59.7 Å². The minimum atomic E-state index is 0.133. The maximum Gasteiger partial charge on any atom is 0.224 e. The Labute approximate surface area is 187 Å². The topological polar surface area (TPSA) is 44.4 Å². The maximum absolute atomic E-state index is 12.3. The lowest BCUT2D eigenvalue weighted by molar-refractivity contribution is -0.124. The van der Waals surface area contributed by atoms with Gasteiger partial charge in [-0.05, 0) is 92.4 Å². The average molecular weight is 420 g/mol. The van der Waals surface area contributed by atoms with Crippen LogP contribution in [0, 0.1) is 11.3 Å². The molecule has 1 atom stereocenters. The highest BCUT2D eigenvalue weighted by Gasteiger charge is 2.27. The molecule has 2 fully saturated rings. The van der Waals surface area contributed by atoms with Gasteiger partial charge in [0.2, 0.25) is 5.91 Å². The fourth-order valence-corrected chi connectivity index (χ4v) is 4.93. The van der Waals surface area contributed by atoms with Crippen LogP contribution in [-0.2, 0) is 11.3 Å². The molecule has 166 valence electrons. The van der Waals surface area contributed by atoms with Gasteiger partial charge in [-0.2, -0.15) is 0 Å². The molecule has 1 aliphatic heterocycles. The fraction of sp³-hybridized carbons (Fsp3) is 0.519. The van der Waals surface area contributed by atoms with Crippen LogP contribution >= 0.6 is 0 Å². The van der Waals surface area contributed by atoms with Gasteiger partial charge in [0.15, 0.2) is 0 Å². The molecule has 2 aromatic rings. The lowest BCUT2D eigenvalue weighted by Crippen LogP contribution is -2.31. The van der Waals surface area contributed by atoms with Crippen molar-refractivity contribution in [2.24, 2.45) is 11.3 Å². The molecule has 1 heterocycles. The number of likely N-dealkylation sites (tertiary alicyclic amines) is 1. The summed E-state index contributed by atoms with van der Waals surface area (Å²) >= 11 is 0. The van der Waals surface area contributed by atoms with E-state index < -0.39 is 0 Å². The molecule has 0 radical (unpaired) electrons. The van der Waals surface area contributed by atoms with E-state index in [1.807, 2.05) is 0 Å². The Kier molecular flexibility index (Phi) is 6.66. The number of carbonyl (C=O) groups is 1.